The van der Waals surface area contributed by atoms with Gasteiger partial charge in [0.15, 0.2) is 17.3 Å². The molecule has 0 atom stereocenters. The van der Waals surface area contributed by atoms with Gasteiger partial charge in [-0.3, -0.25) is 4.79 Å². The van der Waals surface area contributed by atoms with Crippen LogP contribution < -0.4 is 9.47 Å². The summed E-state index contributed by atoms with van der Waals surface area (Å²) < 4.78 is 27.0. The van der Waals surface area contributed by atoms with Crippen molar-refractivity contribution in [3.05, 3.63) is 101 Å². The molecule has 32 heavy (non-hydrogen) atoms. The number of aromatic nitrogens is 2. The van der Waals surface area contributed by atoms with Gasteiger partial charge in [0, 0.05) is 17.3 Å². The summed E-state index contributed by atoms with van der Waals surface area (Å²) in [5, 5.41) is 4.68. The molecule has 5 rings (SSSR count). The molecular formula is C26H19FN2O3. The Hall–Kier alpha value is -4.19. The zero-order valence-electron chi connectivity index (χ0n) is 17.5. The summed E-state index contributed by atoms with van der Waals surface area (Å²) in [4.78, 5) is 12.9. The second kappa shape index (κ2) is 7.81. The average Bonchev–Trinajstić information content (AvgIpc) is 3.36. The number of ketones is 1. The first-order valence-electron chi connectivity index (χ1n) is 10.1. The molecule has 0 saturated carbocycles. The molecule has 4 aromatic rings. The van der Waals surface area contributed by atoms with Crippen molar-refractivity contribution in [1.82, 2.24) is 9.78 Å². The Bertz CT molecular complexity index is 1370. The summed E-state index contributed by atoms with van der Waals surface area (Å²) in [5.74, 6) is 0.195. The summed E-state index contributed by atoms with van der Waals surface area (Å²) in [6.45, 7) is 1.93. The quantitative estimate of drug-likeness (QED) is 0.398. The van der Waals surface area contributed by atoms with E-state index in [1.54, 1.807) is 35.2 Å². The van der Waals surface area contributed by atoms with Gasteiger partial charge in [0.05, 0.1) is 18.4 Å². The number of halogens is 1. The number of allylic oxidation sites excluding steroid dienone is 1. The highest BCUT2D eigenvalue weighted by molar-refractivity contribution is 6.14. The highest BCUT2D eigenvalue weighted by Gasteiger charge is 2.28. The lowest BCUT2D eigenvalue weighted by molar-refractivity contribution is 0.101. The second-order valence-corrected chi connectivity index (χ2v) is 7.50. The summed E-state index contributed by atoms with van der Waals surface area (Å²) in [6.07, 6.45) is 3.45. The number of nitrogens with zero attached hydrogens (tertiary/aromatic N) is 2. The van der Waals surface area contributed by atoms with E-state index < -0.39 is 5.82 Å². The van der Waals surface area contributed by atoms with Gasteiger partial charge in [0.25, 0.3) is 0 Å². The molecular weight excluding hydrogens is 407 g/mol. The Kier molecular flexibility index (Phi) is 4.82. The van der Waals surface area contributed by atoms with E-state index in [1.807, 2.05) is 49.4 Å². The highest BCUT2D eigenvalue weighted by atomic mass is 19.1. The van der Waals surface area contributed by atoms with Crippen LogP contribution in [0, 0.1) is 12.7 Å². The first kappa shape index (κ1) is 19.8. The fourth-order valence-corrected chi connectivity index (χ4v) is 3.69. The van der Waals surface area contributed by atoms with E-state index in [9.17, 15) is 9.18 Å². The third-order valence-electron chi connectivity index (χ3n) is 5.30. The number of para-hydroxylation sites is 1. The van der Waals surface area contributed by atoms with Gasteiger partial charge in [-0.05, 0) is 55.5 Å². The summed E-state index contributed by atoms with van der Waals surface area (Å²) in [5.41, 5.74) is 4.06. The topological polar surface area (TPSA) is 53.4 Å². The minimum Gasteiger partial charge on any atom is -0.494 e. The number of carbonyl (C=O) groups is 1. The molecule has 0 N–H and O–H groups in total. The van der Waals surface area contributed by atoms with Gasteiger partial charge in [-0.2, -0.15) is 5.10 Å². The van der Waals surface area contributed by atoms with Gasteiger partial charge < -0.3 is 9.47 Å². The monoisotopic (exact) mass is 426 g/mol. The molecule has 0 bridgehead atoms. The minimum absolute atomic E-state index is 0.149. The first-order chi connectivity index (χ1) is 15.5. The third kappa shape index (κ3) is 3.46. The van der Waals surface area contributed by atoms with Crippen LogP contribution in [0.4, 0.5) is 4.39 Å². The maximum atomic E-state index is 14.4. The van der Waals surface area contributed by atoms with Gasteiger partial charge >= 0.3 is 0 Å². The highest BCUT2D eigenvalue weighted by Crippen LogP contribution is 2.34. The molecule has 0 spiro atoms. The van der Waals surface area contributed by atoms with Gasteiger partial charge in [0.2, 0.25) is 5.78 Å². The smallest absolute Gasteiger partial charge is 0.231 e. The van der Waals surface area contributed by atoms with Gasteiger partial charge in [-0.15, -0.1) is 0 Å². The van der Waals surface area contributed by atoms with Gasteiger partial charge in [0.1, 0.15) is 11.4 Å². The standard InChI is InChI=1S/C26H19FN2O3/c1-16-8-10-22-20(12-16)26(30)24(32-22)14-18-15-29(19-6-4-3-5-7-19)28-25(18)17-9-11-23(31-2)21(27)13-17/h3-15H,1-2H3/b24-14-. The number of fused-ring (bicyclic) bond motifs is 1. The maximum absolute atomic E-state index is 14.4. The Morgan fingerprint density at radius 3 is 2.62 bits per heavy atom. The number of rotatable bonds is 4. The van der Waals surface area contributed by atoms with Crippen molar-refractivity contribution in [1.29, 1.82) is 0 Å². The normalized spacial score (nSPS) is 13.8. The van der Waals surface area contributed by atoms with E-state index in [0.717, 1.165) is 11.3 Å². The van der Waals surface area contributed by atoms with Gasteiger partial charge in [-0.25, -0.2) is 9.07 Å². The molecule has 0 radical (unpaired) electrons. The lowest BCUT2D eigenvalue weighted by atomic mass is 10.0. The van der Waals surface area contributed by atoms with Crippen molar-refractivity contribution in [2.45, 2.75) is 6.92 Å². The molecule has 0 fully saturated rings. The van der Waals surface area contributed by atoms with Crippen LogP contribution in [0.5, 0.6) is 11.5 Å². The molecule has 0 saturated heterocycles. The number of aryl methyl sites for hydroxylation is 1. The van der Waals surface area contributed by atoms with E-state index in [2.05, 4.69) is 5.10 Å². The predicted octanol–water partition coefficient (Wildman–Crippen LogP) is 5.61. The molecule has 0 unspecified atom stereocenters. The number of hydrogen-bond acceptors (Lipinski definition) is 4. The van der Waals surface area contributed by atoms with Crippen LogP contribution in [0.15, 0.2) is 78.7 Å². The Balaban J connectivity index is 1.63. The molecule has 5 nitrogen and oxygen atoms in total. The number of Topliss-reactive ketones (excluding diaryl/α,β-unsaturated/α-hetero) is 1. The number of methoxy groups -OCH3 is 1. The number of hydrogen-bond donors (Lipinski definition) is 0. The minimum atomic E-state index is -0.492. The summed E-state index contributed by atoms with van der Waals surface area (Å²) in [6, 6.07) is 19.7. The van der Waals surface area contributed by atoms with E-state index in [0.29, 0.717) is 28.1 Å². The summed E-state index contributed by atoms with van der Waals surface area (Å²) in [7, 11) is 1.42. The molecule has 6 heteroatoms. The van der Waals surface area contributed by atoms with Crippen molar-refractivity contribution >= 4 is 11.9 Å². The largest absolute Gasteiger partial charge is 0.494 e. The zero-order valence-corrected chi connectivity index (χ0v) is 17.5. The zero-order chi connectivity index (χ0) is 22.2. The van der Waals surface area contributed by atoms with Crippen molar-refractivity contribution in [3.8, 4) is 28.4 Å². The molecule has 2 heterocycles. The molecule has 0 aliphatic carbocycles. The number of benzene rings is 3. The van der Waals surface area contributed by atoms with Crippen LogP contribution in [0.3, 0.4) is 0 Å². The SMILES string of the molecule is COc1ccc(-c2nn(-c3ccccc3)cc2/C=C2\Oc3ccc(C)cc3C2=O)cc1F. The van der Waals surface area contributed by atoms with Crippen LogP contribution in [-0.4, -0.2) is 22.7 Å². The fourth-order valence-electron chi connectivity index (χ4n) is 3.69. The molecule has 1 aliphatic rings. The lowest BCUT2D eigenvalue weighted by Gasteiger charge is -2.05. The van der Waals surface area contributed by atoms with Crippen LogP contribution in [-0.2, 0) is 0 Å². The Labute approximate surface area is 184 Å². The molecule has 1 aromatic heterocycles. The molecule has 3 aromatic carbocycles. The molecule has 1 aliphatic heterocycles. The van der Waals surface area contributed by atoms with E-state index in [1.165, 1.54) is 13.2 Å². The summed E-state index contributed by atoms with van der Waals surface area (Å²) >= 11 is 0. The van der Waals surface area contributed by atoms with Crippen LogP contribution >= 0.6 is 0 Å². The molecule has 158 valence electrons. The fraction of sp³-hybridized carbons (Fsp3) is 0.0769. The lowest BCUT2D eigenvalue weighted by Crippen LogP contribution is -1.98. The van der Waals surface area contributed by atoms with Crippen molar-refractivity contribution in [2.24, 2.45) is 0 Å². The van der Waals surface area contributed by atoms with E-state index in [4.69, 9.17) is 9.47 Å². The predicted molar refractivity (Wildman–Crippen MR) is 120 cm³/mol. The average molecular weight is 426 g/mol. The Morgan fingerprint density at radius 1 is 1.06 bits per heavy atom. The third-order valence-corrected chi connectivity index (χ3v) is 5.30. The maximum Gasteiger partial charge on any atom is 0.231 e. The van der Waals surface area contributed by atoms with Crippen molar-refractivity contribution < 1.29 is 18.7 Å². The Morgan fingerprint density at radius 2 is 1.88 bits per heavy atom. The van der Waals surface area contributed by atoms with Gasteiger partial charge in [-0.1, -0.05) is 29.8 Å². The van der Waals surface area contributed by atoms with Crippen LogP contribution in [0.1, 0.15) is 21.5 Å². The van der Waals surface area contributed by atoms with Crippen LogP contribution in [0.2, 0.25) is 0 Å². The van der Waals surface area contributed by atoms with Crippen LogP contribution in [0.25, 0.3) is 23.0 Å². The number of carbonyl (C=O) groups excluding carboxylic acids is 1. The molecule has 0 amide bonds. The first-order valence-corrected chi connectivity index (χ1v) is 10.1. The van der Waals surface area contributed by atoms with E-state index >= 15 is 0 Å². The van der Waals surface area contributed by atoms with E-state index in [-0.39, 0.29) is 17.3 Å². The van der Waals surface area contributed by atoms with Crippen molar-refractivity contribution in [2.75, 3.05) is 7.11 Å². The van der Waals surface area contributed by atoms with Crippen molar-refractivity contribution in [3.63, 3.8) is 0 Å². The number of ether oxygens (including phenoxy) is 2. The second-order valence-electron chi connectivity index (χ2n) is 7.50.